The van der Waals surface area contributed by atoms with Gasteiger partial charge in [-0.25, -0.2) is 0 Å². The maximum Gasteiger partial charge on any atom is 0.0708 e. The van der Waals surface area contributed by atoms with Gasteiger partial charge in [-0.15, -0.1) is 0 Å². The molecule has 0 saturated heterocycles. The Hall–Kier alpha value is -7.23. The Labute approximate surface area is 395 Å². The van der Waals surface area contributed by atoms with Crippen molar-refractivity contribution >= 4 is 0 Å². The zero-order chi connectivity index (χ0) is 50.9. The summed E-state index contributed by atoms with van der Waals surface area (Å²) in [5.41, 5.74) is 12.1. The Bertz CT molecular complexity index is 3180. The molecule has 3 heterocycles. The number of rotatable bonds is 14. The normalized spacial score (nSPS) is 13.9. The summed E-state index contributed by atoms with van der Waals surface area (Å²) in [6.07, 6.45) is 1.19. The first-order valence-electron chi connectivity index (χ1n) is 25.7. The van der Waals surface area contributed by atoms with Crippen molar-refractivity contribution in [3.63, 3.8) is 0 Å². The van der Waals surface area contributed by atoms with Crippen molar-refractivity contribution < 1.29 is 9.60 Å². The van der Waals surface area contributed by atoms with E-state index in [0.29, 0.717) is 29.7 Å². The maximum absolute atomic E-state index is 9.72. The summed E-state index contributed by atoms with van der Waals surface area (Å²) in [5.74, 6) is 0. The van der Waals surface area contributed by atoms with Crippen LogP contribution in [0.25, 0.3) is 56.0 Å². The Morgan fingerprint density at radius 2 is 0.892 bits per heavy atom. The molecule has 9 aromatic rings. The molecule has 0 aliphatic rings. The van der Waals surface area contributed by atoms with E-state index in [-0.39, 0.29) is 27.5 Å². The van der Waals surface area contributed by atoms with Crippen LogP contribution in [0, 0.1) is 6.85 Å². The first kappa shape index (κ1) is 35.2. The summed E-state index contributed by atoms with van der Waals surface area (Å²) in [7, 11) is 0. The monoisotopic (exact) mass is 850 g/mol. The molecule has 65 heavy (non-hydrogen) atoms. The second-order valence-electron chi connectivity index (χ2n) is 18.1. The SMILES string of the molecule is [2H]C([2H])([2H])c1cnc(-c2ccc(C([2H])([2H])C([2H])([2H])c3cc(CC(C)(C)c4ccc(-c5ccccn5)cc4)cc(CC(C)(C)c4ccc(-c5ccccn5)cc4)c3)cc2)cc1-c1cccc(-c2ccccc2)c1. The first-order valence-corrected chi connectivity index (χ1v) is 22.2. The van der Waals surface area contributed by atoms with Crippen molar-refractivity contribution in [2.24, 2.45) is 0 Å². The third-order valence-corrected chi connectivity index (χ3v) is 12.3. The standard InChI is InChI=1S/C62H57N3/c1-44-43-65-60(40-57(44)54-17-13-16-53(39-54)49-14-7-6-8-15-49)52-24-22-45(23-25-52)20-21-46-36-47(41-61(2,3)55-30-26-50(27-31-55)58-18-9-11-34-63-58)38-48(37-46)42-62(4,5)56-32-28-51(29-33-56)59-19-10-12-35-64-59/h6-19,22-40,43H,20-21,41-42H2,1-5H3/i1D3,20D2,21D2. The topological polar surface area (TPSA) is 38.7 Å². The molecule has 0 aliphatic carbocycles. The molecule has 0 radical (unpaired) electrons. The number of aryl methyl sites for hydroxylation is 3. The fourth-order valence-electron chi connectivity index (χ4n) is 8.73. The van der Waals surface area contributed by atoms with Gasteiger partial charge in [0.25, 0.3) is 0 Å². The molecule has 320 valence electrons. The van der Waals surface area contributed by atoms with Crippen LogP contribution in [-0.2, 0) is 36.4 Å². The Morgan fingerprint density at radius 1 is 0.400 bits per heavy atom. The highest BCUT2D eigenvalue weighted by molar-refractivity contribution is 5.77. The number of nitrogens with zero attached hydrogens (tertiary/aromatic N) is 3. The third kappa shape index (κ3) is 10.3. The molecule has 3 aromatic heterocycles. The molecule has 0 fully saturated rings. The fourth-order valence-corrected chi connectivity index (χ4v) is 8.73. The van der Waals surface area contributed by atoms with Crippen LogP contribution in [-0.4, -0.2) is 15.0 Å². The Morgan fingerprint density at radius 3 is 1.45 bits per heavy atom. The van der Waals surface area contributed by atoms with Crippen LogP contribution in [0.3, 0.4) is 0 Å². The van der Waals surface area contributed by atoms with Crippen LogP contribution >= 0.6 is 0 Å². The maximum atomic E-state index is 9.72. The van der Waals surface area contributed by atoms with Crippen molar-refractivity contribution in [3.05, 3.63) is 246 Å². The zero-order valence-corrected chi connectivity index (χ0v) is 37.4. The van der Waals surface area contributed by atoms with Crippen LogP contribution in [0.2, 0.25) is 0 Å². The highest BCUT2D eigenvalue weighted by Crippen LogP contribution is 2.35. The fraction of sp³-hybridized carbons (Fsp3) is 0.177. The van der Waals surface area contributed by atoms with Gasteiger partial charge in [0, 0.05) is 44.9 Å². The van der Waals surface area contributed by atoms with Crippen LogP contribution < -0.4 is 0 Å². The molecule has 3 nitrogen and oxygen atoms in total. The lowest BCUT2D eigenvalue weighted by atomic mass is 9.76. The molecule has 0 bridgehead atoms. The minimum atomic E-state index is -2.48. The van der Waals surface area contributed by atoms with E-state index in [9.17, 15) is 5.48 Å². The van der Waals surface area contributed by atoms with Crippen molar-refractivity contribution in [2.75, 3.05) is 0 Å². The molecule has 9 rings (SSSR count). The molecule has 0 unspecified atom stereocenters. The lowest BCUT2D eigenvalue weighted by molar-refractivity contribution is 0.514. The summed E-state index contributed by atoms with van der Waals surface area (Å²) in [4.78, 5) is 13.6. The van der Waals surface area contributed by atoms with Crippen molar-refractivity contribution in [1.29, 1.82) is 0 Å². The number of hydrogen-bond donors (Lipinski definition) is 0. The second-order valence-corrected chi connectivity index (χ2v) is 18.1. The summed E-state index contributed by atoms with van der Waals surface area (Å²) in [6, 6.07) is 60.7. The average Bonchev–Trinajstić information content (AvgIpc) is 3.38. The van der Waals surface area contributed by atoms with E-state index in [1.807, 2.05) is 103 Å². The average molecular weight is 851 g/mol. The number of aromatic nitrogens is 3. The molecule has 0 N–H and O–H groups in total. The summed E-state index contributed by atoms with van der Waals surface area (Å²) in [5, 5.41) is 0. The molecule has 3 heteroatoms. The van der Waals surface area contributed by atoms with Crippen molar-refractivity contribution in [1.82, 2.24) is 15.0 Å². The van der Waals surface area contributed by atoms with Gasteiger partial charge in [-0.3, -0.25) is 15.0 Å². The van der Waals surface area contributed by atoms with Crippen LogP contribution in [0.15, 0.2) is 207 Å². The molecular weight excluding hydrogens is 787 g/mol. The minimum Gasteiger partial charge on any atom is -0.256 e. The third-order valence-electron chi connectivity index (χ3n) is 12.3. The van der Waals surface area contributed by atoms with Gasteiger partial charge < -0.3 is 0 Å². The van der Waals surface area contributed by atoms with Crippen LogP contribution in [0.4, 0.5) is 0 Å². The van der Waals surface area contributed by atoms with Gasteiger partial charge in [0.2, 0.25) is 0 Å². The molecule has 0 spiro atoms. The molecule has 6 aromatic carbocycles. The summed E-state index contributed by atoms with van der Waals surface area (Å²) in [6.45, 7) is 6.33. The zero-order valence-electron chi connectivity index (χ0n) is 44.4. The van der Waals surface area contributed by atoms with E-state index in [4.69, 9.17) is 4.11 Å². The van der Waals surface area contributed by atoms with Crippen molar-refractivity contribution in [3.8, 4) is 56.0 Å². The van der Waals surface area contributed by atoms with E-state index in [2.05, 4.69) is 97.2 Å². The van der Waals surface area contributed by atoms with Crippen molar-refractivity contribution in [2.45, 2.75) is 71.0 Å². The smallest absolute Gasteiger partial charge is 0.0708 e. The van der Waals surface area contributed by atoms with Gasteiger partial charge in [-0.2, -0.15) is 0 Å². The minimum absolute atomic E-state index is 0.128. The molecule has 0 atom stereocenters. The molecule has 0 aliphatic heterocycles. The highest BCUT2D eigenvalue weighted by Gasteiger charge is 2.25. The Kier molecular flexibility index (Phi) is 10.2. The van der Waals surface area contributed by atoms with Gasteiger partial charge in [-0.05, 0) is 141 Å². The number of benzene rings is 6. The highest BCUT2D eigenvalue weighted by atomic mass is 14.7. The summed E-state index contributed by atoms with van der Waals surface area (Å²) < 4.78 is 63.6. The van der Waals surface area contributed by atoms with Gasteiger partial charge in [0.15, 0.2) is 0 Å². The van der Waals surface area contributed by atoms with Gasteiger partial charge in [-0.1, -0.05) is 179 Å². The van der Waals surface area contributed by atoms with Crippen LogP contribution in [0.1, 0.15) is 76.2 Å². The van der Waals surface area contributed by atoms with Gasteiger partial charge >= 0.3 is 0 Å². The molecule has 0 saturated carbocycles. The Balaban J connectivity index is 1.04. The van der Waals surface area contributed by atoms with Crippen LogP contribution in [0.5, 0.6) is 0 Å². The van der Waals surface area contributed by atoms with E-state index in [0.717, 1.165) is 61.5 Å². The molecular formula is C62H57N3. The second kappa shape index (κ2) is 18.9. The summed E-state index contributed by atoms with van der Waals surface area (Å²) >= 11 is 0. The van der Waals surface area contributed by atoms with Gasteiger partial charge in [0.05, 0.1) is 17.1 Å². The predicted octanol–water partition coefficient (Wildman–Crippen LogP) is 15.3. The predicted molar refractivity (Wildman–Crippen MR) is 272 cm³/mol. The number of pyridine rings is 3. The van der Waals surface area contributed by atoms with E-state index in [1.54, 1.807) is 42.7 Å². The quantitative estimate of drug-likeness (QED) is 0.109. The lowest BCUT2D eigenvalue weighted by Gasteiger charge is -2.28. The lowest BCUT2D eigenvalue weighted by Crippen LogP contribution is -2.22. The number of hydrogen-bond acceptors (Lipinski definition) is 3. The van der Waals surface area contributed by atoms with E-state index >= 15 is 0 Å². The van der Waals surface area contributed by atoms with E-state index < -0.39 is 19.6 Å². The van der Waals surface area contributed by atoms with E-state index in [1.165, 1.54) is 6.20 Å². The first-order chi connectivity index (χ1) is 34.3. The molecule has 0 amide bonds. The largest absolute Gasteiger partial charge is 0.256 e. The van der Waals surface area contributed by atoms with Gasteiger partial charge in [0.1, 0.15) is 0 Å².